The fourth-order valence-electron chi connectivity index (χ4n) is 5.79. The fraction of sp³-hybridized carbons (Fsp3) is 0.600. The molecule has 3 fully saturated rings. The summed E-state index contributed by atoms with van der Waals surface area (Å²) in [6.07, 6.45) is 4.69. The van der Waals surface area contributed by atoms with Gasteiger partial charge in [0.2, 0.25) is 11.8 Å². The molecule has 4 amide bonds. The van der Waals surface area contributed by atoms with Crippen molar-refractivity contribution >= 4 is 23.6 Å². The number of hydrogen-bond acceptors (Lipinski definition) is 7. The molecule has 34 heavy (non-hydrogen) atoms. The Morgan fingerprint density at radius 3 is 2.29 bits per heavy atom. The van der Waals surface area contributed by atoms with E-state index in [0.717, 1.165) is 68.9 Å². The number of carbonyl (C=O) groups is 4. The molecule has 4 aliphatic heterocycles. The molecule has 1 unspecified atom stereocenters. The van der Waals surface area contributed by atoms with Crippen molar-refractivity contribution in [3.8, 4) is 0 Å². The predicted molar refractivity (Wildman–Crippen MR) is 125 cm³/mol. The summed E-state index contributed by atoms with van der Waals surface area (Å²) in [4.78, 5) is 56.1. The monoisotopic (exact) mass is 467 g/mol. The van der Waals surface area contributed by atoms with Gasteiger partial charge >= 0.3 is 0 Å². The van der Waals surface area contributed by atoms with Gasteiger partial charge < -0.3 is 10.6 Å². The number of piperidine rings is 3. The van der Waals surface area contributed by atoms with Crippen molar-refractivity contribution in [2.75, 3.05) is 32.7 Å². The van der Waals surface area contributed by atoms with E-state index in [-0.39, 0.29) is 18.7 Å². The molecule has 1 aromatic carbocycles. The van der Waals surface area contributed by atoms with Gasteiger partial charge in [-0.1, -0.05) is 12.1 Å². The summed E-state index contributed by atoms with van der Waals surface area (Å²) in [7, 11) is 0. The quantitative estimate of drug-likeness (QED) is 0.613. The second-order valence-corrected chi connectivity index (χ2v) is 10.1. The van der Waals surface area contributed by atoms with Crippen LogP contribution in [0.15, 0.2) is 18.2 Å². The van der Waals surface area contributed by atoms with Crippen LogP contribution in [0.3, 0.4) is 0 Å². The van der Waals surface area contributed by atoms with Gasteiger partial charge in [-0.25, -0.2) is 0 Å². The van der Waals surface area contributed by atoms with E-state index in [9.17, 15) is 19.2 Å². The number of nitrogens with two attached hydrogens (primary N) is 1. The number of rotatable bonds is 5. The Hall–Kier alpha value is -2.62. The first-order valence-electron chi connectivity index (χ1n) is 12.4. The number of carbonyl (C=O) groups excluding carboxylic acids is 4. The first kappa shape index (κ1) is 23.1. The van der Waals surface area contributed by atoms with Crippen LogP contribution in [0, 0.1) is 5.92 Å². The van der Waals surface area contributed by atoms with E-state index < -0.39 is 23.8 Å². The van der Waals surface area contributed by atoms with Crippen LogP contribution in [0.1, 0.15) is 64.8 Å². The maximum absolute atomic E-state index is 13.3. The van der Waals surface area contributed by atoms with Gasteiger partial charge in [0, 0.05) is 25.6 Å². The zero-order chi connectivity index (χ0) is 23.8. The van der Waals surface area contributed by atoms with Crippen molar-refractivity contribution in [2.45, 2.75) is 57.2 Å². The van der Waals surface area contributed by atoms with Gasteiger partial charge in [-0.2, -0.15) is 0 Å². The smallest absolute Gasteiger partial charge is 0.262 e. The third-order valence-corrected chi connectivity index (χ3v) is 7.80. The molecule has 1 atom stereocenters. The molecule has 0 aliphatic carbocycles. The van der Waals surface area contributed by atoms with Crippen molar-refractivity contribution in [1.82, 2.24) is 20.0 Å². The molecule has 0 spiro atoms. The zero-order valence-electron chi connectivity index (χ0n) is 19.5. The molecule has 4 heterocycles. The van der Waals surface area contributed by atoms with Crippen molar-refractivity contribution in [2.24, 2.45) is 11.7 Å². The third-order valence-electron chi connectivity index (χ3n) is 7.80. The number of benzene rings is 1. The predicted octanol–water partition coefficient (Wildman–Crippen LogP) is 0.723. The van der Waals surface area contributed by atoms with Crippen molar-refractivity contribution in [1.29, 1.82) is 0 Å². The Kier molecular flexibility index (Phi) is 6.50. The molecule has 0 saturated carbocycles. The van der Waals surface area contributed by atoms with E-state index in [4.69, 9.17) is 5.73 Å². The van der Waals surface area contributed by atoms with Crippen LogP contribution in [0.4, 0.5) is 0 Å². The topological polar surface area (TPSA) is 116 Å². The van der Waals surface area contributed by atoms with E-state index in [0.29, 0.717) is 29.6 Å². The number of amides is 4. The first-order valence-corrected chi connectivity index (χ1v) is 12.4. The van der Waals surface area contributed by atoms with Gasteiger partial charge in [-0.15, -0.1) is 0 Å². The third kappa shape index (κ3) is 4.52. The molecule has 9 nitrogen and oxygen atoms in total. The van der Waals surface area contributed by atoms with E-state index in [1.807, 2.05) is 6.07 Å². The van der Waals surface area contributed by atoms with E-state index in [1.54, 1.807) is 12.1 Å². The number of nitrogens with one attached hydrogen (secondary N) is 1. The molecule has 9 heteroatoms. The van der Waals surface area contributed by atoms with Crippen LogP contribution >= 0.6 is 0 Å². The van der Waals surface area contributed by atoms with E-state index >= 15 is 0 Å². The first-order chi connectivity index (χ1) is 16.4. The van der Waals surface area contributed by atoms with Gasteiger partial charge in [0.15, 0.2) is 0 Å². The van der Waals surface area contributed by atoms with Crippen molar-refractivity contribution < 1.29 is 19.2 Å². The minimum Gasteiger partial charge on any atom is -0.328 e. The van der Waals surface area contributed by atoms with Gasteiger partial charge in [-0.3, -0.25) is 34.3 Å². The number of likely N-dealkylation sites (tertiary alicyclic amines) is 2. The molecule has 5 rings (SSSR count). The summed E-state index contributed by atoms with van der Waals surface area (Å²) in [5, 5.41) is 2.25. The Morgan fingerprint density at radius 1 is 0.882 bits per heavy atom. The lowest BCUT2D eigenvalue weighted by Crippen LogP contribution is -2.54. The van der Waals surface area contributed by atoms with Gasteiger partial charge in [0.05, 0.1) is 11.1 Å². The molecule has 4 aliphatic rings. The van der Waals surface area contributed by atoms with E-state index in [2.05, 4.69) is 15.1 Å². The fourth-order valence-corrected chi connectivity index (χ4v) is 5.79. The van der Waals surface area contributed by atoms with Crippen LogP contribution < -0.4 is 11.1 Å². The molecule has 3 N–H and O–H groups in total. The summed E-state index contributed by atoms with van der Waals surface area (Å²) in [5.41, 5.74) is 7.61. The zero-order valence-corrected chi connectivity index (χ0v) is 19.5. The summed E-state index contributed by atoms with van der Waals surface area (Å²) >= 11 is 0. The summed E-state index contributed by atoms with van der Waals surface area (Å²) in [5.74, 6) is -1.14. The average Bonchev–Trinajstić information content (AvgIpc) is 3.08. The van der Waals surface area contributed by atoms with Crippen molar-refractivity contribution in [3.05, 3.63) is 34.9 Å². The number of fused-ring (bicyclic) bond motifs is 1. The second-order valence-electron chi connectivity index (χ2n) is 10.1. The molecule has 0 bridgehead atoms. The highest BCUT2D eigenvalue weighted by atomic mass is 16.2. The standard InChI is InChI=1S/C25H33N5O4/c26-18-8-12-28(13-9-18)14-16-6-10-29(11-7-16)15-17-2-1-3-19-22(17)25(34)30(24(19)33)20-4-5-21(31)27-23(20)32/h1-3,16,18,20H,4-15,26H2,(H,27,31,32). The van der Waals surface area contributed by atoms with Crippen LogP contribution in [-0.2, 0) is 16.1 Å². The molecule has 1 aromatic rings. The minimum atomic E-state index is -0.932. The Morgan fingerprint density at radius 2 is 1.59 bits per heavy atom. The van der Waals surface area contributed by atoms with Crippen LogP contribution in [0.5, 0.6) is 0 Å². The minimum absolute atomic E-state index is 0.121. The molecular formula is C25H33N5O4. The normalized spacial score (nSPS) is 25.7. The van der Waals surface area contributed by atoms with Crippen molar-refractivity contribution in [3.63, 3.8) is 0 Å². The van der Waals surface area contributed by atoms with Crippen LogP contribution in [-0.4, -0.2) is 83.1 Å². The molecular weight excluding hydrogens is 434 g/mol. The maximum atomic E-state index is 13.3. The highest BCUT2D eigenvalue weighted by Gasteiger charge is 2.45. The lowest BCUT2D eigenvalue weighted by Gasteiger charge is -2.37. The largest absolute Gasteiger partial charge is 0.328 e. The Labute approximate surface area is 199 Å². The highest BCUT2D eigenvalue weighted by Crippen LogP contribution is 2.31. The van der Waals surface area contributed by atoms with E-state index in [1.165, 1.54) is 0 Å². The molecule has 0 radical (unpaired) electrons. The highest BCUT2D eigenvalue weighted by molar-refractivity contribution is 6.24. The summed E-state index contributed by atoms with van der Waals surface area (Å²) < 4.78 is 0. The SMILES string of the molecule is NC1CCN(CC2CCN(Cc3cccc4c3C(=O)N(C3CCC(=O)NC3=O)C4=O)CC2)CC1. The molecule has 0 aromatic heterocycles. The second kappa shape index (κ2) is 9.56. The van der Waals surface area contributed by atoms with Gasteiger partial charge in [0.25, 0.3) is 11.8 Å². The lowest BCUT2D eigenvalue weighted by molar-refractivity contribution is -0.136. The number of nitrogens with zero attached hydrogens (tertiary/aromatic N) is 3. The maximum Gasteiger partial charge on any atom is 0.262 e. The van der Waals surface area contributed by atoms with Crippen LogP contribution in [0.25, 0.3) is 0 Å². The summed E-state index contributed by atoms with van der Waals surface area (Å²) in [6.45, 7) is 5.85. The number of hydrogen-bond donors (Lipinski definition) is 2. The Balaban J connectivity index is 1.22. The summed E-state index contributed by atoms with van der Waals surface area (Å²) in [6, 6.07) is 4.79. The van der Waals surface area contributed by atoms with Gasteiger partial charge in [-0.05, 0) is 75.8 Å². The average molecular weight is 468 g/mol. The van der Waals surface area contributed by atoms with Gasteiger partial charge in [0.1, 0.15) is 6.04 Å². The molecule has 182 valence electrons. The lowest BCUT2D eigenvalue weighted by atomic mass is 9.94. The Bertz CT molecular complexity index is 995. The molecule has 3 saturated heterocycles. The van der Waals surface area contributed by atoms with Crippen LogP contribution in [0.2, 0.25) is 0 Å². The number of imide groups is 2.